The Labute approximate surface area is 195 Å². The fourth-order valence-corrected chi connectivity index (χ4v) is 4.24. The van der Waals surface area contributed by atoms with Crippen molar-refractivity contribution in [3.05, 3.63) is 60.9 Å². The van der Waals surface area contributed by atoms with E-state index >= 15 is 0 Å². The minimum Gasteiger partial charge on any atom is -0.481 e. The molecule has 0 bridgehead atoms. The van der Waals surface area contributed by atoms with Crippen molar-refractivity contribution in [2.75, 3.05) is 11.9 Å². The molecule has 29 heavy (non-hydrogen) atoms. The van der Waals surface area contributed by atoms with Crippen molar-refractivity contribution < 1.29 is 14.3 Å². The largest absolute Gasteiger partial charge is 0.481 e. The molecule has 150 valence electrons. The Kier molecular flexibility index (Phi) is 7.32. The quantitative estimate of drug-likeness (QED) is 0.395. The monoisotopic (exact) mass is 506 g/mol. The lowest BCUT2D eigenvalue weighted by Crippen LogP contribution is -2.20. The van der Waals surface area contributed by atoms with Crippen LogP contribution in [0.3, 0.4) is 0 Å². The molecule has 1 saturated heterocycles. The van der Waals surface area contributed by atoms with Crippen LogP contribution in [-0.2, 0) is 9.59 Å². The first-order chi connectivity index (χ1) is 13.7. The third kappa shape index (κ3) is 5.78. The third-order valence-corrected chi connectivity index (χ3v) is 5.97. The van der Waals surface area contributed by atoms with Gasteiger partial charge in [-0.15, -0.1) is 0 Å². The van der Waals surface area contributed by atoms with Gasteiger partial charge in [0.15, 0.2) is 12.4 Å². The second kappa shape index (κ2) is 9.55. The number of hydrogen-bond acceptors (Lipinski definition) is 5. The van der Waals surface area contributed by atoms with Gasteiger partial charge in [-0.05, 0) is 42.0 Å². The number of nitrogens with one attached hydrogen (secondary N) is 2. The Hall–Kier alpha value is -1.48. The SMILES string of the molecule is O=C(COc1c(Cl)cc(/C=C2/SC(=S)NC2=O)cc1Cl)Nc1ccc(Cl)c(Cl)c1. The van der Waals surface area contributed by atoms with Crippen LogP contribution in [0.2, 0.25) is 20.1 Å². The Bertz CT molecular complexity index is 1040. The summed E-state index contributed by atoms with van der Waals surface area (Å²) >= 11 is 30.3. The highest BCUT2D eigenvalue weighted by Gasteiger charge is 2.22. The molecular weight excluding hydrogens is 498 g/mol. The number of halogens is 4. The second-order valence-corrected chi connectivity index (χ2v) is 8.98. The summed E-state index contributed by atoms with van der Waals surface area (Å²) in [5.41, 5.74) is 1.06. The Morgan fingerprint density at radius 1 is 1.10 bits per heavy atom. The summed E-state index contributed by atoms with van der Waals surface area (Å²) in [6.07, 6.45) is 1.61. The fraction of sp³-hybridized carbons (Fsp3) is 0.0556. The lowest BCUT2D eigenvalue weighted by atomic mass is 10.2. The number of thiocarbonyl (C=S) groups is 1. The zero-order valence-electron chi connectivity index (χ0n) is 14.2. The molecule has 1 aliphatic rings. The van der Waals surface area contributed by atoms with Crippen molar-refractivity contribution in [2.45, 2.75) is 0 Å². The highest BCUT2D eigenvalue weighted by Crippen LogP contribution is 2.36. The molecule has 1 heterocycles. The average molecular weight is 508 g/mol. The molecule has 0 atom stereocenters. The maximum absolute atomic E-state index is 12.1. The first-order valence-electron chi connectivity index (χ1n) is 7.84. The molecule has 11 heteroatoms. The van der Waals surface area contributed by atoms with Gasteiger partial charge in [0, 0.05) is 5.69 Å². The first-order valence-corrected chi connectivity index (χ1v) is 10.6. The molecule has 0 aliphatic carbocycles. The Morgan fingerprint density at radius 2 is 1.79 bits per heavy atom. The van der Waals surface area contributed by atoms with Crippen LogP contribution in [-0.4, -0.2) is 22.7 Å². The average Bonchev–Trinajstić information content (AvgIpc) is 2.94. The zero-order valence-corrected chi connectivity index (χ0v) is 18.9. The van der Waals surface area contributed by atoms with E-state index in [1.165, 1.54) is 6.07 Å². The van der Waals surface area contributed by atoms with Gasteiger partial charge >= 0.3 is 0 Å². The highest BCUT2D eigenvalue weighted by atomic mass is 35.5. The summed E-state index contributed by atoms with van der Waals surface area (Å²) in [5, 5.41) is 6.23. The molecule has 0 spiro atoms. The van der Waals surface area contributed by atoms with Gasteiger partial charge < -0.3 is 15.4 Å². The van der Waals surface area contributed by atoms with E-state index in [2.05, 4.69) is 10.6 Å². The van der Waals surface area contributed by atoms with E-state index < -0.39 is 5.91 Å². The van der Waals surface area contributed by atoms with E-state index in [4.69, 9.17) is 63.4 Å². The summed E-state index contributed by atoms with van der Waals surface area (Å²) in [4.78, 5) is 24.3. The molecule has 3 rings (SSSR count). The van der Waals surface area contributed by atoms with E-state index in [-0.39, 0.29) is 28.3 Å². The molecule has 1 aliphatic heterocycles. The van der Waals surface area contributed by atoms with E-state index in [1.54, 1.807) is 30.3 Å². The van der Waals surface area contributed by atoms with Gasteiger partial charge in [-0.1, -0.05) is 70.4 Å². The predicted molar refractivity (Wildman–Crippen MR) is 123 cm³/mol. The van der Waals surface area contributed by atoms with Gasteiger partial charge in [-0.2, -0.15) is 0 Å². The Balaban J connectivity index is 1.67. The van der Waals surface area contributed by atoms with E-state index in [0.29, 0.717) is 30.5 Å². The number of anilines is 1. The van der Waals surface area contributed by atoms with Crippen molar-refractivity contribution in [3.8, 4) is 5.75 Å². The van der Waals surface area contributed by atoms with Crippen LogP contribution in [0, 0.1) is 0 Å². The van der Waals surface area contributed by atoms with E-state index in [1.807, 2.05) is 0 Å². The van der Waals surface area contributed by atoms with Gasteiger partial charge in [0.1, 0.15) is 4.32 Å². The molecule has 0 aromatic heterocycles. The third-order valence-electron chi connectivity index (χ3n) is 3.51. The molecule has 0 radical (unpaired) electrons. The van der Waals surface area contributed by atoms with Gasteiger partial charge in [-0.25, -0.2) is 0 Å². The number of amides is 2. The van der Waals surface area contributed by atoms with Crippen molar-refractivity contribution in [1.29, 1.82) is 0 Å². The molecule has 2 aromatic carbocycles. The summed E-state index contributed by atoms with van der Waals surface area (Å²) < 4.78 is 5.84. The summed E-state index contributed by atoms with van der Waals surface area (Å²) in [5.74, 6) is -0.570. The smallest absolute Gasteiger partial charge is 0.263 e. The molecule has 0 unspecified atom stereocenters. The van der Waals surface area contributed by atoms with Crippen molar-refractivity contribution in [3.63, 3.8) is 0 Å². The van der Waals surface area contributed by atoms with Crippen molar-refractivity contribution in [2.24, 2.45) is 0 Å². The topological polar surface area (TPSA) is 67.4 Å². The van der Waals surface area contributed by atoms with E-state index in [0.717, 1.165) is 11.8 Å². The number of hydrogen-bond donors (Lipinski definition) is 2. The number of carbonyl (C=O) groups is 2. The number of ether oxygens (including phenoxy) is 1. The number of carbonyl (C=O) groups excluding carboxylic acids is 2. The molecular formula is C18H10Cl4N2O3S2. The molecule has 2 N–H and O–H groups in total. The standard InChI is InChI=1S/C18H10Cl4N2O3S2/c19-10-2-1-9(6-11(10)20)23-15(25)7-27-16-12(21)3-8(4-13(16)22)5-14-17(26)24-18(28)29-14/h1-6H,7H2,(H,23,25)(H,24,26,28)/b14-5+. The van der Waals surface area contributed by atoms with Crippen molar-refractivity contribution in [1.82, 2.24) is 5.32 Å². The predicted octanol–water partition coefficient (Wildman–Crippen LogP) is 5.81. The fourth-order valence-electron chi connectivity index (χ4n) is 2.28. The summed E-state index contributed by atoms with van der Waals surface area (Å²) in [7, 11) is 0. The number of rotatable bonds is 5. The maximum atomic E-state index is 12.1. The molecule has 2 aromatic rings. The lowest BCUT2D eigenvalue weighted by Gasteiger charge is -2.11. The minimum absolute atomic E-state index is 0.152. The van der Waals surface area contributed by atoms with Crippen LogP contribution >= 0.6 is 70.4 Å². The normalized spacial score (nSPS) is 14.8. The van der Waals surface area contributed by atoms with Crippen LogP contribution in [0.4, 0.5) is 5.69 Å². The summed E-state index contributed by atoms with van der Waals surface area (Å²) in [6.45, 7) is -0.327. The second-order valence-electron chi connectivity index (χ2n) is 5.63. The van der Waals surface area contributed by atoms with Crippen LogP contribution in [0.5, 0.6) is 5.75 Å². The van der Waals surface area contributed by atoms with Crippen molar-refractivity contribution >= 4 is 98.3 Å². The van der Waals surface area contributed by atoms with Gasteiger partial charge in [0.25, 0.3) is 11.8 Å². The minimum atomic E-state index is -0.436. The molecule has 1 fully saturated rings. The van der Waals surface area contributed by atoms with Crippen LogP contribution in [0.1, 0.15) is 5.56 Å². The number of thioether (sulfide) groups is 1. The summed E-state index contributed by atoms with van der Waals surface area (Å²) in [6, 6.07) is 7.84. The van der Waals surface area contributed by atoms with Gasteiger partial charge in [0.2, 0.25) is 0 Å². The number of benzene rings is 2. The Morgan fingerprint density at radius 3 is 2.38 bits per heavy atom. The highest BCUT2D eigenvalue weighted by molar-refractivity contribution is 8.26. The lowest BCUT2D eigenvalue weighted by molar-refractivity contribution is -0.118. The van der Waals surface area contributed by atoms with Crippen LogP contribution < -0.4 is 15.4 Å². The maximum Gasteiger partial charge on any atom is 0.263 e. The van der Waals surface area contributed by atoms with E-state index in [9.17, 15) is 9.59 Å². The molecule has 2 amide bonds. The van der Waals surface area contributed by atoms with Crippen LogP contribution in [0.25, 0.3) is 6.08 Å². The zero-order chi connectivity index (χ0) is 21.1. The van der Waals surface area contributed by atoms with Crippen LogP contribution in [0.15, 0.2) is 35.2 Å². The molecule has 5 nitrogen and oxygen atoms in total. The van der Waals surface area contributed by atoms with Gasteiger partial charge in [-0.3, -0.25) is 9.59 Å². The molecule has 0 saturated carbocycles. The van der Waals surface area contributed by atoms with Gasteiger partial charge in [0.05, 0.1) is 25.0 Å². The first kappa shape index (κ1) is 22.2.